The molecule has 0 amide bonds. The molecule has 1 aromatic rings. The fourth-order valence-electron chi connectivity index (χ4n) is 4.84. The molecule has 1 aromatic heterocycles. The van der Waals surface area contributed by atoms with E-state index in [1.54, 1.807) is 0 Å². The average molecular weight is 285 g/mol. The molecule has 3 atom stereocenters. The highest BCUT2D eigenvalue weighted by molar-refractivity contribution is 5.44. The Morgan fingerprint density at radius 1 is 1.05 bits per heavy atom. The summed E-state index contributed by atoms with van der Waals surface area (Å²) in [7, 11) is 0. The van der Waals surface area contributed by atoms with E-state index in [1.165, 1.54) is 63.8 Å². The van der Waals surface area contributed by atoms with Crippen LogP contribution in [-0.4, -0.2) is 30.7 Å². The minimum Gasteiger partial charge on any atom is -0.371 e. The molecule has 3 fully saturated rings. The normalized spacial score (nSPS) is 32.8. The molecule has 3 unspecified atom stereocenters. The highest BCUT2D eigenvalue weighted by atomic mass is 15.1. The molecule has 2 heterocycles. The number of hydrogen-bond donors (Lipinski definition) is 1. The van der Waals surface area contributed by atoms with Crippen molar-refractivity contribution in [3.8, 4) is 0 Å². The van der Waals surface area contributed by atoms with E-state index in [0.717, 1.165) is 23.8 Å². The van der Waals surface area contributed by atoms with Gasteiger partial charge in [-0.1, -0.05) is 6.42 Å². The van der Waals surface area contributed by atoms with Gasteiger partial charge in [0.1, 0.15) is 0 Å². The molecular weight excluding hydrogens is 258 g/mol. The van der Waals surface area contributed by atoms with Crippen molar-refractivity contribution in [1.29, 1.82) is 0 Å². The topological polar surface area (TPSA) is 28.2 Å². The fraction of sp³-hybridized carbons (Fsp3) is 0.722. The zero-order valence-electron chi connectivity index (χ0n) is 12.9. The van der Waals surface area contributed by atoms with Gasteiger partial charge in [0.05, 0.1) is 0 Å². The van der Waals surface area contributed by atoms with Crippen molar-refractivity contribution in [3.05, 3.63) is 24.5 Å². The van der Waals surface area contributed by atoms with Crippen LogP contribution in [0.4, 0.5) is 5.69 Å². The molecule has 1 aliphatic heterocycles. The van der Waals surface area contributed by atoms with Crippen molar-refractivity contribution in [2.75, 3.05) is 24.5 Å². The maximum Gasteiger partial charge on any atom is 0.0397 e. The second kappa shape index (κ2) is 5.96. The number of rotatable bonds is 4. The number of hydrogen-bond acceptors (Lipinski definition) is 3. The largest absolute Gasteiger partial charge is 0.371 e. The Kier molecular flexibility index (Phi) is 3.85. The minimum atomic E-state index is 0.738. The second-order valence-electron chi connectivity index (χ2n) is 7.31. The Hall–Kier alpha value is -1.09. The fourth-order valence-corrected chi connectivity index (χ4v) is 4.84. The predicted molar refractivity (Wildman–Crippen MR) is 86.4 cm³/mol. The molecule has 2 saturated carbocycles. The lowest BCUT2D eigenvalue weighted by molar-refractivity contribution is 0.293. The van der Waals surface area contributed by atoms with Crippen molar-refractivity contribution in [2.24, 2.45) is 17.8 Å². The van der Waals surface area contributed by atoms with Crippen LogP contribution < -0.4 is 10.2 Å². The van der Waals surface area contributed by atoms with E-state index >= 15 is 0 Å². The van der Waals surface area contributed by atoms with Crippen LogP contribution in [-0.2, 0) is 0 Å². The van der Waals surface area contributed by atoms with Gasteiger partial charge in [-0.15, -0.1) is 0 Å². The lowest BCUT2D eigenvalue weighted by atomic mass is 9.88. The zero-order chi connectivity index (χ0) is 14.1. The van der Waals surface area contributed by atoms with Gasteiger partial charge in [-0.25, -0.2) is 0 Å². The Labute approximate surface area is 128 Å². The third kappa shape index (κ3) is 2.94. The molecule has 21 heavy (non-hydrogen) atoms. The van der Waals surface area contributed by atoms with Crippen molar-refractivity contribution in [1.82, 2.24) is 10.3 Å². The summed E-state index contributed by atoms with van der Waals surface area (Å²) in [5.41, 5.74) is 1.33. The summed E-state index contributed by atoms with van der Waals surface area (Å²) in [5.74, 6) is 3.12. The van der Waals surface area contributed by atoms with E-state index in [-0.39, 0.29) is 0 Å². The molecule has 0 aromatic carbocycles. The summed E-state index contributed by atoms with van der Waals surface area (Å²) in [4.78, 5) is 6.61. The number of nitrogens with zero attached hydrogens (tertiary/aromatic N) is 2. The molecule has 0 spiro atoms. The molecule has 114 valence electrons. The van der Waals surface area contributed by atoms with E-state index in [4.69, 9.17) is 0 Å². The molecule has 1 saturated heterocycles. The Bertz CT molecular complexity index is 453. The first-order valence-corrected chi connectivity index (χ1v) is 8.77. The van der Waals surface area contributed by atoms with Crippen LogP contribution in [0.15, 0.2) is 24.5 Å². The summed E-state index contributed by atoms with van der Waals surface area (Å²) >= 11 is 0. The van der Waals surface area contributed by atoms with E-state index < -0.39 is 0 Å². The summed E-state index contributed by atoms with van der Waals surface area (Å²) in [5, 5.41) is 3.88. The van der Waals surface area contributed by atoms with Gasteiger partial charge >= 0.3 is 0 Å². The first-order valence-electron chi connectivity index (χ1n) is 8.77. The number of nitrogens with one attached hydrogen (secondary N) is 1. The molecule has 2 bridgehead atoms. The first kappa shape index (κ1) is 13.6. The molecule has 3 aliphatic rings. The smallest absolute Gasteiger partial charge is 0.0397 e. The van der Waals surface area contributed by atoms with Crippen molar-refractivity contribution >= 4 is 5.69 Å². The predicted octanol–water partition coefficient (Wildman–Crippen LogP) is 3.08. The molecule has 0 radical (unpaired) electrons. The SMILES string of the molecule is c1cc(N2CCC(NCC3CC4CCC3C4)CC2)ccn1. The summed E-state index contributed by atoms with van der Waals surface area (Å²) in [6, 6.07) is 4.99. The zero-order valence-corrected chi connectivity index (χ0v) is 12.9. The first-order chi connectivity index (χ1) is 10.4. The maximum atomic E-state index is 4.11. The number of piperidine rings is 1. The van der Waals surface area contributed by atoms with E-state index in [0.29, 0.717) is 0 Å². The van der Waals surface area contributed by atoms with Crippen LogP contribution in [0.1, 0.15) is 38.5 Å². The molecular formula is C18H27N3. The van der Waals surface area contributed by atoms with Crippen LogP contribution in [0.2, 0.25) is 0 Å². The standard InChI is InChI=1S/C18H27N3/c1-2-15-11-14(1)12-16(15)13-20-17-5-9-21(10-6-17)18-3-7-19-8-4-18/h3-4,7-8,14-17,20H,1-2,5-6,9-13H2. The van der Waals surface area contributed by atoms with Gasteiger partial charge in [0.25, 0.3) is 0 Å². The van der Waals surface area contributed by atoms with Crippen molar-refractivity contribution in [3.63, 3.8) is 0 Å². The van der Waals surface area contributed by atoms with E-state index in [2.05, 4.69) is 27.3 Å². The molecule has 3 heteroatoms. The number of fused-ring (bicyclic) bond motifs is 2. The molecule has 3 nitrogen and oxygen atoms in total. The van der Waals surface area contributed by atoms with E-state index in [9.17, 15) is 0 Å². The number of pyridine rings is 1. The van der Waals surface area contributed by atoms with Crippen LogP contribution in [0.3, 0.4) is 0 Å². The summed E-state index contributed by atoms with van der Waals surface area (Å²) in [6.45, 7) is 3.64. The molecule has 4 rings (SSSR count). The molecule has 1 N–H and O–H groups in total. The van der Waals surface area contributed by atoms with Gasteiger partial charge in [-0.05, 0) is 68.5 Å². The number of anilines is 1. The van der Waals surface area contributed by atoms with Crippen molar-refractivity contribution < 1.29 is 0 Å². The monoisotopic (exact) mass is 285 g/mol. The average Bonchev–Trinajstić information content (AvgIpc) is 3.17. The highest BCUT2D eigenvalue weighted by Gasteiger charge is 2.39. The van der Waals surface area contributed by atoms with Crippen molar-refractivity contribution in [2.45, 2.75) is 44.6 Å². The maximum absolute atomic E-state index is 4.11. The second-order valence-corrected chi connectivity index (χ2v) is 7.31. The van der Waals surface area contributed by atoms with Crippen LogP contribution in [0, 0.1) is 17.8 Å². The summed E-state index contributed by atoms with van der Waals surface area (Å²) in [6.07, 6.45) is 12.4. The molecule has 2 aliphatic carbocycles. The highest BCUT2D eigenvalue weighted by Crippen LogP contribution is 2.48. The third-order valence-corrected chi connectivity index (χ3v) is 6.08. The van der Waals surface area contributed by atoms with Gasteiger partial charge in [0, 0.05) is 37.2 Å². The lowest BCUT2D eigenvalue weighted by Crippen LogP contribution is -2.44. The van der Waals surface area contributed by atoms with Gasteiger partial charge in [-0.2, -0.15) is 0 Å². The number of aromatic nitrogens is 1. The summed E-state index contributed by atoms with van der Waals surface area (Å²) < 4.78 is 0. The van der Waals surface area contributed by atoms with Crippen LogP contribution in [0.5, 0.6) is 0 Å². The third-order valence-electron chi connectivity index (χ3n) is 6.08. The van der Waals surface area contributed by atoms with Crippen LogP contribution >= 0.6 is 0 Å². The van der Waals surface area contributed by atoms with Gasteiger partial charge < -0.3 is 10.2 Å². The van der Waals surface area contributed by atoms with Gasteiger partial charge in [-0.3, -0.25) is 4.98 Å². The Morgan fingerprint density at radius 2 is 1.86 bits per heavy atom. The van der Waals surface area contributed by atoms with Gasteiger partial charge in [0.15, 0.2) is 0 Å². The van der Waals surface area contributed by atoms with E-state index in [1.807, 2.05) is 12.4 Å². The lowest BCUT2D eigenvalue weighted by Gasteiger charge is -2.35. The Balaban J connectivity index is 1.23. The van der Waals surface area contributed by atoms with Crippen LogP contribution in [0.25, 0.3) is 0 Å². The quantitative estimate of drug-likeness (QED) is 0.921. The minimum absolute atomic E-state index is 0.738. The van der Waals surface area contributed by atoms with Gasteiger partial charge in [0.2, 0.25) is 0 Å². The Morgan fingerprint density at radius 3 is 2.52 bits per heavy atom.